The van der Waals surface area contributed by atoms with E-state index in [4.69, 9.17) is 5.26 Å². The molecule has 14 heavy (non-hydrogen) atoms. The summed E-state index contributed by atoms with van der Waals surface area (Å²) < 4.78 is 0. The van der Waals surface area contributed by atoms with Crippen LogP contribution in [0, 0.1) is 11.3 Å². The summed E-state index contributed by atoms with van der Waals surface area (Å²) in [7, 11) is 0. The third-order valence-electron chi connectivity index (χ3n) is 2.87. The van der Waals surface area contributed by atoms with E-state index in [0.717, 1.165) is 11.5 Å². The molecule has 0 unspecified atom stereocenters. The van der Waals surface area contributed by atoms with Crippen molar-refractivity contribution in [2.45, 2.75) is 38.5 Å². The molecule has 1 fully saturated rings. The Balaban J connectivity index is 2.42. The minimum atomic E-state index is 0.448. The van der Waals surface area contributed by atoms with Crippen LogP contribution in [0.3, 0.4) is 0 Å². The maximum absolute atomic E-state index is 8.96. The highest BCUT2D eigenvalue weighted by Crippen LogP contribution is 2.41. The molecular weight excluding hydrogens is 170 g/mol. The first-order valence-electron chi connectivity index (χ1n) is 5.26. The molecule has 1 saturated carbocycles. The predicted molar refractivity (Wildman–Crippen MR) is 57.2 cm³/mol. The molecule has 2 rings (SSSR count). The topological polar surface area (TPSA) is 23.8 Å². The summed E-state index contributed by atoms with van der Waals surface area (Å²) in [5.41, 5.74) is 3.47. The van der Waals surface area contributed by atoms with Crippen LogP contribution in [0.4, 0.5) is 0 Å². The molecule has 72 valence electrons. The summed E-state index contributed by atoms with van der Waals surface area (Å²) in [6, 6.07) is 8.57. The summed E-state index contributed by atoms with van der Waals surface area (Å²) in [6.07, 6.45) is 2.65. The van der Waals surface area contributed by atoms with Crippen molar-refractivity contribution in [3.8, 4) is 6.07 Å². The van der Waals surface area contributed by atoms with Crippen molar-refractivity contribution < 1.29 is 0 Å². The second-order valence-corrected chi connectivity index (χ2v) is 4.39. The van der Waals surface area contributed by atoms with E-state index in [2.05, 4.69) is 32.0 Å². The van der Waals surface area contributed by atoms with Gasteiger partial charge in [-0.1, -0.05) is 26.0 Å². The van der Waals surface area contributed by atoms with Gasteiger partial charge in [0, 0.05) is 0 Å². The standard InChI is InChI=1S/C13H15N/c1-9(2)13-7-11(10-3-4-10)5-6-12(13)8-14/h5-7,9-10H,3-4H2,1-2H3. The molecule has 1 heteroatoms. The lowest BCUT2D eigenvalue weighted by Gasteiger charge is -2.09. The van der Waals surface area contributed by atoms with E-state index in [1.807, 2.05) is 6.07 Å². The number of rotatable bonds is 2. The van der Waals surface area contributed by atoms with Crippen molar-refractivity contribution in [1.82, 2.24) is 0 Å². The molecule has 0 bridgehead atoms. The number of benzene rings is 1. The van der Waals surface area contributed by atoms with E-state index >= 15 is 0 Å². The smallest absolute Gasteiger partial charge is 0.0994 e. The Bertz CT molecular complexity index is 381. The predicted octanol–water partition coefficient (Wildman–Crippen LogP) is 3.56. The Hall–Kier alpha value is -1.29. The van der Waals surface area contributed by atoms with Crippen molar-refractivity contribution in [2.75, 3.05) is 0 Å². The summed E-state index contributed by atoms with van der Waals surface area (Å²) >= 11 is 0. The van der Waals surface area contributed by atoms with E-state index in [9.17, 15) is 0 Å². The molecule has 1 aromatic carbocycles. The second-order valence-electron chi connectivity index (χ2n) is 4.39. The van der Waals surface area contributed by atoms with Crippen molar-refractivity contribution in [2.24, 2.45) is 0 Å². The molecule has 1 nitrogen and oxygen atoms in total. The van der Waals surface area contributed by atoms with Gasteiger partial charge in [0.25, 0.3) is 0 Å². The first-order chi connectivity index (χ1) is 6.72. The average molecular weight is 185 g/mol. The Kier molecular flexibility index (Phi) is 2.29. The minimum absolute atomic E-state index is 0.448. The zero-order valence-corrected chi connectivity index (χ0v) is 8.75. The van der Waals surface area contributed by atoms with Crippen LogP contribution < -0.4 is 0 Å². The van der Waals surface area contributed by atoms with Gasteiger partial charge in [-0.05, 0) is 41.9 Å². The van der Waals surface area contributed by atoms with Gasteiger partial charge >= 0.3 is 0 Å². The first-order valence-corrected chi connectivity index (χ1v) is 5.26. The average Bonchev–Trinajstić information content (AvgIpc) is 3.00. The van der Waals surface area contributed by atoms with Gasteiger partial charge in [0.05, 0.1) is 11.6 Å². The van der Waals surface area contributed by atoms with Crippen LogP contribution in [0.5, 0.6) is 0 Å². The Morgan fingerprint density at radius 3 is 2.57 bits per heavy atom. The van der Waals surface area contributed by atoms with E-state index in [1.54, 1.807) is 0 Å². The fraction of sp³-hybridized carbons (Fsp3) is 0.462. The molecule has 0 aliphatic heterocycles. The monoisotopic (exact) mass is 185 g/mol. The SMILES string of the molecule is CC(C)c1cc(C2CC2)ccc1C#N. The maximum atomic E-state index is 8.96. The minimum Gasteiger partial charge on any atom is -0.192 e. The molecule has 0 aromatic heterocycles. The highest BCUT2D eigenvalue weighted by Gasteiger charge is 2.24. The van der Waals surface area contributed by atoms with Gasteiger partial charge in [-0.15, -0.1) is 0 Å². The van der Waals surface area contributed by atoms with Crippen LogP contribution >= 0.6 is 0 Å². The van der Waals surface area contributed by atoms with Gasteiger partial charge < -0.3 is 0 Å². The lowest BCUT2D eigenvalue weighted by atomic mass is 9.94. The van der Waals surface area contributed by atoms with Crippen LogP contribution in [0.1, 0.15) is 55.2 Å². The van der Waals surface area contributed by atoms with Gasteiger partial charge in [-0.2, -0.15) is 5.26 Å². The van der Waals surface area contributed by atoms with Crippen LogP contribution in [0.25, 0.3) is 0 Å². The molecule has 0 amide bonds. The largest absolute Gasteiger partial charge is 0.192 e. The van der Waals surface area contributed by atoms with E-state index in [1.165, 1.54) is 24.0 Å². The first kappa shape index (κ1) is 9.27. The van der Waals surface area contributed by atoms with Crippen LogP contribution in [0.15, 0.2) is 18.2 Å². The fourth-order valence-electron chi connectivity index (χ4n) is 1.83. The summed E-state index contributed by atoms with van der Waals surface area (Å²) in [5.74, 6) is 1.23. The van der Waals surface area contributed by atoms with Crippen molar-refractivity contribution in [3.05, 3.63) is 34.9 Å². The highest BCUT2D eigenvalue weighted by molar-refractivity contribution is 5.43. The van der Waals surface area contributed by atoms with Crippen molar-refractivity contribution >= 4 is 0 Å². The van der Waals surface area contributed by atoms with Crippen LogP contribution in [0.2, 0.25) is 0 Å². The molecule has 1 aromatic rings. The van der Waals surface area contributed by atoms with Gasteiger partial charge in [0.1, 0.15) is 0 Å². The lowest BCUT2D eigenvalue weighted by molar-refractivity contribution is 0.857. The van der Waals surface area contributed by atoms with Gasteiger partial charge in [0.2, 0.25) is 0 Å². The fourth-order valence-corrected chi connectivity index (χ4v) is 1.83. The third-order valence-corrected chi connectivity index (χ3v) is 2.87. The summed E-state index contributed by atoms with van der Waals surface area (Å²) in [5, 5.41) is 8.96. The summed E-state index contributed by atoms with van der Waals surface area (Å²) in [4.78, 5) is 0. The molecule has 0 radical (unpaired) electrons. The lowest BCUT2D eigenvalue weighted by Crippen LogP contribution is -1.94. The van der Waals surface area contributed by atoms with E-state index < -0.39 is 0 Å². The van der Waals surface area contributed by atoms with Crippen molar-refractivity contribution in [3.63, 3.8) is 0 Å². The molecule has 0 saturated heterocycles. The molecular formula is C13H15N. The molecule has 1 aliphatic carbocycles. The second kappa shape index (κ2) is 3.46. The summed E-state index contributed by atoms with van der Waals surface area (Å²) in [6.45, 7) is 4.29. The van der Waals surface area contributed by atoms with E-state index in [-0.39, 0.29) is 0 Å². The third kappa shape index (κ3) is 1.65. The molecule has 0 heterocycles. The zero-order valence-electron chi connectivity index (χ0n) is 8.75. The molecule has 0 spiro atoms. The molecule has 0 atom stereocenters. The number of hydrogen-bond donors (Lipinski definition) is 0. The maximum Gasteiger partial charge on any atom is 0.0994 e. The van der Waals surface area contributed by atoms with E-state index in [0.29, 0.717) is 5.92 Å². The molecule has 1 aliphatic rings. The van der Waals surface area contributed by atoms with Crippen LogP contribution in [-0.2, 0) is 0 Å². The Morgan fingerprint density at radius 2 is 2.07 bits per heavy atom. The molecule has 0 N–H and O–H groups in total. The van der Waals surface area contributed by atoms with Crippen LogP contribution in [-0.4, -0.2) is 0 Å². The van der Waals surface area contributed by atoms with Gasteiger partial charge in [-0.3, -0.25) is 0 Å². The number of hydrogen-bond acceptors (Lipinski definition) is 1. The Labute approximate surface area is 85.4 Å². The quantitative estimate of drug-likeness (QED) is 0.691. The normalized spacial score (nSPS) is 15.6. The number of nitrogens with zero attached hydrogens (tertiary/aromatic N) is 1. The van der Waals surface area contributed by atoms with Crippen molar-refractivity contribution in [1.29, 1.82) is 5.26 Å². The Morgan fingerprint density at radius 1 is 1.36 bits per heavy atom. The van der Waals surface area contributed by atoms with Gasteiger partial charge in [0.15, 0.2) is 0 Å². The zero-order chi connectivity index (χ0) is 10.1. The highest BCUT2D eigenvalue weighted by atomic mass is 14.3. The number of nitriles is 1. The van der Waals surface area contributed by atoms with Gasteiger partial charge in [-0.25, -0.2) is 0 Å².